The summed E-state index contributed by atoms with van der Waals surface area (Å²) in [5, 5.41) is 17.3. The number of piperazine rings is 1. The highest BCUT2D eigenvalue weighted by molar-refractivity contribution is 5.90. The van der Waals surface area contributed by atoms with Crippen LogP contribution in [-0.2, 0) is 29.6 Å². The molecule has 4 aromatic rings. The number of anilines is 1. The molecule has 0 unspecified atom stereocenters. The Morgan fingerprint density at radius 3 is 2.70 bits per heavy atom. The highest BCUT2D eigenvalue weighted by Gasteiger charge is 2.40. The highest BCUT2D eigenvalue weighted by atomic mass is 19.4. The molecule has 2 fully saturated rings. The Hall–Kier alpha value is -4.24. The van der Waals surface area contributed by atoms with Crippen molar-refractivity contribution in [2.24, 2.45) is 0 Å². The molecule has 248 valence electrons. The van der Waals surface area contributed by atoms with Crippen LogP contribution in [0.15, 0.2) is 48.8 Å². The number of halogens is 3. The zero-order chi connectivity index (χ0) is 32.8. The number of urea groups is 1. The minimum atomic E-state index is -4.56. The quantitative estimate of drug-likeness (QED) is 0.222. The fourth-order valence-corrected chi connectivity index (χ4v) is 6.44. The second kappa shape index (κ2) is 12.4. The topological polar surface area (TPSA) is 128 Å². The number of carbonyl (C=O) groups excluding carboxylic acids is 1. The molecule has 0 bridgehead atoms. The van der Waals surface area contributed by atoms with E-state index in [1.54, 1.807) is 29.4 Å². The predicted molar refractivity (Wildman–Crippen MR) is 167 cm³/mol. The number of rotatable bonds is 7. The average Bonchev–Trinajstić information content (AvgIpc) is 3.49. The van der Waals surface area contributed by atoms with Crippen molar-refractivity contribution in [2.45, 2.75) is 44.1 Å². The van der Waals surface area contributed by atoms with Gasteiger partial charge in [0.15, 0.2) is 5.60 Å². The minimum absolute atomic E-state index is 0.0593. The maximum Gasteiger partial charge on any atom is 0.416 e. The van der Waals surface area contributed by atoms with Crippen LogP contribution in [0.4, 0.5) is 23.7 Å². The first-order chi connectivity index (χ1) is 22.6. The molecule has 0 aliphatic carbocycles. The lowest BCUT2D eigenvalue weighted by Crippen LogP contribution is -2.46. The summed E-state index contributed by atoms with van der Waals surface area (Å²) in [7, 11) is 0. The number of aromatic amines is 1. The van der Waals surface area contributed by atoms with Crippen molar-refractivity contribution in [2.75, 3.05) is 51.3 Å². The van der Waals surface area contributed by atoms with Gasteiger partial charge < -0.3 is 35.1 Å². The molecule has 3 aromatic heterocycles. The molecule has 7 rings (SSSR count). The zero-order valence-electron chi connectivity index (χ0n) is 25.9. The smallest absolute Gasteiger partial charge is 0.416 e. The van der Waals surface area contributed by atoms with Crippen LogP contribution in [0.2, 0.25) is 0 Å². The number of H-pyrrole nitrogens is 1. The van der Waals surface area contributed by atoms with E-state index < -0.39 is 23.4 Å². The van der Waals surface area contributed by atoms with Crippen molar-refractivity contribution in [3.63, 3.8) is 0 Å². The van der Waals surface area contributed by atoms with Gasteiger partial charge in [0.25, 0.3) is 0 Å². The number of fused-ring (bicyclic) bond motifs is 2. The number of hydrogen-bond donors (Lipinski definition) is 4. The van der Waals surface area contributed by atoms with Crippen LogP contribution < -0.4 is 15.4 Å². The first kappa shape index (κ1) is 31.4. The number of carbonyl (C=O) groups is 1. The van der Waals surface area contributed by atoms with Crippen molar-refractivity contribution < 1.29 is 32.5 Å². The third-order valence-electron chi connectivity index (χ3n) is 9.12. The van der Waals surface area contributed by atoms with Gasteiger partial charge >= 0.3 is 12.2 Å². The van der Waals surface area contributed by atoms with Gasteiger partial charge in [0, 0.05) is 63.6 Å². The van der Waals surface area contributed by atoms with Crippen molar-refractivity contribution in [3.8, 4) is 11.5 Å². The molecule has 11 nitrogen and oxygen atoms in total. The van der Waals surface area contributed by atoms with E-state index in [1.165, 1.54) is 12.1 Å². The van der Waals surface area contributed by atoms with E-state index in [0.717, 1.165) is 30.4 Å². The molecule has 14 heteroatoms. The first-order valence-corrected chi connectivity index (χ1v) is 15.7. The lowest BCUT2D eigenvalue weighted by atomic mass is 9.92. The number of aliphatic hydroxyl groups is 1. The van der Waals surface area contributed by atoms with Crippen LogP contribution in [0.1, 0.15) is 47.3 Å². The Morgan fingerprint density at radius 1 is 1.17 bits per heavy atom. The lowest BCUT2D eigenvalue weighted by Gasteiger charge is -2.35. The first-order valence-electron chi connectivity index (χ1n) is 15.7. The molecular weight excluding hydrogens is 615 g/mol. The molecule has 1 aromatic carbocycles. The summed E-state index contributed by atoms with van der Waals surface area (Å²) in [6.45, 7) is 5.99. The summed E-state index contributed by atoms with van der Waals surface area (Å²) in [6.07, 6.45) is -0.596. The SMILES string of the molecule is CC[C@@H]1CN(C(=O)Nc2ccc(CN3CCNCC3)c(C(F)(F)F)c2)Cc2cc(Oc3ccnc4[nH]c(C5(O)COC5)cc34)cnc21. The van der Waals surface area contributed by atoms with Crippen LogP contribution >= 0.6 is 0 Å². The molecule has 2 amide bonds. The lowest BCUT2D eigenvalue weighted by molar-refractivity contribution is -0.186. The van der Waals surface area contributed by atoms with E-state index in [4.69, 9.17) is 14.5 Å². The number of pyridine rings is 2. The summed E-state index contributed by atoms with van der Waals surface area (Å²) < 4.78 is 53.7. The second-order valence-corrected chi connectivity index (χ2v) is 12.4. The number of benzene rings is 1. The van der Waals surface area contributed by atoms with Crippen molar-refractivity contribution in [1.29, 1.82) is 0 Å². The zero-order valence-corrected chi connectivity index (χ0v) is 25.9. The van der Waals surface area contributed by atoms with Crippen LogP contribution in [-0.4, -0.2) is 81.8 Å². The molecule has 2 saturated heterocycles. The molecule has 4 N–H and O–H groups in total. The van der Waals surface area contributed by atoms with Crippen LogP contribution in [0.5, 0.6) is 11.5 Å². The van der Waals surface area contributed by atoms with E-state index in [0.29, 0.717) is 54.3 Å². The number of nitrogens with zero attached hydrogens (tertiary/aromatic N) is 4. The summed E-state index contributed by atoms with van der Waals surface area (Å²) in [5.41, 5.74) is 1.24. The third-order valence-corrected chi connectivity index (χ3v) is 9.12. The Morgan fingerprint density at radius 2 is 1.98 bits per heavy atom. The van der Waals surface area contributed by atoms with Crippen LogP contribution in [0, 0.1) is 0 Å². The fourth-order valence-electron chi connectivity index (χ4n) is 6.44. The minimum Gasteiger partial charge on any atom is -0.455 e. The van der Waals surface area contributed by atoms with Gasteiger partial charge in [-0.3, -0.25) is 9.88 Å². The number of hydrogen-bond acceptors (Lipinski definition) is 8. The number of nitrogens with one attached hydrogen (secondary N) is 3. The van der Waals surface area contributed by atoms with Gasteiger partial charge in [0.05, 0.1) is 41.7 Å². The monoisotopic (exact) mass is 651 g/mol. The molecule has 0 saturated carbocycles. The molecule has 3 aliphatic heterocycles. The summed E-state index contributed by atoms with van der Waals surface area (Å²) in [4.78, 5) is 29.2. The second-order valence-electron chi connectivity index (χ2n) is 12.4. The maximum atomic E-state index is 14.1. The van der Waals surface area contributed by atoms with E-state index in [1.807, 2.05) is 17.9 Å². The third kappa shape index (κ3) is 6.38. The van der Waals surface area contributed by atoms with Crippen molar-refractivity contribution in [3.05, 3.63) is 76.9 Å². The normalized spacial score (nSPS) is 19.7. The van der Waals surface area contributed by atoms with Gasteiger partial charge in [-0.05, 0) is 47.9 Å². The van der Waals surface area contributed by atoms with Gasteiger partial charge in [-0.2, -0.15) is 13.2 Å². The molecule has 3 aliphatic rings. The Labute approximate surface area is 269 Å². The summed E-state index contributed by atoms with van der Waals surface area (Å²) in [5.74, 6) is 0.911. The standard InChI is InChI=1S/C33H36F3N7O4/c1-2-20-16-43(31(44)40-23-4-3-21(26(12-23)33(34,35)36)15-42-9-7-37-8-10-42)17-22-11-24(14-39-29(20)22)47-27-5-6-38-30-25(27)13-28(41-30)32(45)18-46-19-32/h3-6,11-14,20,37,45H,2,7-10,15-19H2,1H3,(H,38,41)(H,40,44)/t20-/m1/s1. The predicted octanol–water partition coefficient (Wildman–Crippen LogP) is 4.93. The van der Waals surface area contributed by atoms with E-state index in [2.05, 4.69) is 20.6 Å². The van der Waals surface area contributed by atoms with Crippen molar-refractivity contribution >= 4 is 22.8 Å². The molecule has 0 spiro atoms. The summed E-state index contributed by atoms with van der Waals surface area (Å²) >= 11 is 0. The molecule has 6 heterocycles. The molecule has 47 heavy (non-hydrogen) atoms. The van der Waals surface area contributed by atoms with Gasteiger partial charge in [-0.25, -0.2) is 9.78 Å². The largest absolute Gasteiger partial charge is 0.455 e. The van der Waals surface area contributed by atoms with Gasteiger partial charge in [-0.15, -0.1) is 0 Å². The number of amides is 2. The van der Waals surface area contributed by atoms with Gasteiger partial charge in [-0.1, -0.05) is 13.0 Å². The van der Waals surface area contributed by atoms with E-state index in [-0.39, 0.29) is 43.5 Å². The van der Waals surface area contributed by atoms with Crippen LogP contribution in [0.3, 0.4) is 0 Å². The van der Waals surface area contributed by atoms with Crippen molar-refractivity contribution in [1.82, 2.24) is 30.1 Å². The Bertz CT molecular complexity index is 1790. The van der Waals surface area contributed by atoms with Crippen LogP contribution in [0.25, 0.3) is 11.0 Å². The number of alkyl halides is 3. The number of aromatic nitrogens is 3. The molecular formula is C33H36F3N7O4. The number of ether oxygens (including phenoxy) is 2. The highest BCUT2D eigenvalue weighted by Crippen LogP contribution is 2.38. The Kier molecular flexibility index (Phi) is 8.28. The van der Waals surface area contributed by atoms with Gasteiger partial charge in [0.1, 0.15) is 17.1 Å². The maximum absolute atomic E-state index is 14.1. The van der Waals surface area contributed by atoms with Gasteiger partial charge in [0.2, 0.25) is 0 Å². The average molecular weight is 652 g/mol. The summed E-state index contributed by atoms with van der Waals surface area (Å²) in [6, 6.07) is 8.88. The molecule has 0 radical (unpaired) electrons. The van der Waals surface area contributed by atoms with E-state index in [9.17, 15) is 23.1 Å². The van der Waals surface area contributed by atoms with E-state index >= 15 is 0 Å². The molecule has 1 atom stereocenters. The fraction of sp³-hybridized carbons (Fsp3) is 0.424. The Balaban J connectivity index is 1.09.